The number of fused-ring (bicyclic) bond motifs is 3. The van der Waals surface area contributed by atoms with Gasteiger partial charge in [0.05, 0.1) is 0 Å². The zero-order valence-corrected chi connectivity index (χ0v) is 15.6. The molecule has 2 saturated heterocycles. The summed E-state index contributed by atoms with van der Waals surface area (Å²) in [7, 11) is 1.65. The molecular weight excluding hydrogens is 350 g/mol. The van der Waals surface area contributed by atoms with Gasteiger partial charge in [0.2, 0.25) is 11.9 Å². The fourth-order valence-electron chi connectivity index (χ4n) is 4.21. The van der Waals surface area contributed by atoms with Crippen LogP contribution in [0.2, 0.25) is 0 Å². The summed E-state index contributed by atoms with van der Waals surface area (Å²) in [6.07, 6.45) is 3.02. The number of hydrogen-bond donors (Lipinski definition) is 2. The molecule has 4 heterocycles. The third-order valence-corrected chi connectivity index (χ3v) is 5.90. The summed E-state index contributed by atoms with van der Waals surface area (Å²) in [6.45, 7) is 5.26. The van der Waals surface area contributed by atoms with Crippen molar-refractivity contribution in [1.29, 1.82) is 0 Å². The average molecular weight is 375 g/mol. The van der Waals surface area contributed by atoms with E-state index in [9.17, 15) is 14.4 Å². The van der Waals surface area contributed by atoms with Gasteiger partial charge >= 0.3 is 6.03 Å². The number of likely N-dealkylation sites (N-methyl/N-ethyl adjacent to an activating group) is 1. The van der Waals surface area contributed by atoms with Gasteiger partial charge in [0, 0.05) is 38.0 Å². The molecule has 4 rings (SSSR count). The van der Waals surface area contributed by atoms with E-state index in [1.54, 1.807) is 7.05 Å². The second kappa shape index (κ2) is 6.52. The van der Waals surface area contributed by atoms with Gasteiger partial charge in [-0.1, -0.05) is 0 Å². The number of urea groups is 1. The Bertz CT molecular complexity index is 741. The number of hydrogen-bond acceptors (Lipinski definition) is 7. The van der Waals surface area contributed by atoms with Crippen molar-refractivity contribution in [2.75, 3.05) is 33.2 Å². The number of likely N-dealkylation sites (tertiary alicyclic amines) is 1. The van der Waals surface area contributed by atoms with Crippen molar-refractivity contribution in [1.82, 2.24) is 24.9 Å². The molecule has 3 N–H and O–H groups in total. The molecule has 4 aliphatic heterocycles. The van der Waals surface area contributed by atoms with Crippen molar-refractivity contribution in [2.45, 2.75) is 32.0 Å². The molecule has 0 bridgehead atoms. The molecule has 0 aromatic carbocycles. The van der Waals surface area contributed by atoms with Crippen LogP contribution in [0.5, 0.6) is 0 Å². The Morgan fingerprint density at radius 2 is 2.00 bits per heavy atom. The number of aliphatic imine (C=N–C) groups is 1. The van der Waals surface area contributed by atoms with Gasteiger partial charge in [0.15, 0.2) is 12.2 Å². The van der Waals surface area contributed by atoms with Crippen molar-refractivity contribution >= 4 is 23.8 Å². The lowest BCUT2D eigenvalue weighted by atomic mass is 9.96. The van der Waals surface area contributed by atoms with E-state index in [4.69, 9.17) is 5.73 Å². The highest BCUT2D eigenvalue weighted by Gasteiger charge is 2.51. The maximum absolute atomic E-state index is 12.3. The smallest absolute Gasteiger partial charge is 0.325 e. The number of piperidine rings is 1. The normalized spacial score (nSPS) is 28.7. The molecule has 2 fully saturated rings. The zero-order chi connectivity index (χ0) is 19.3. The van der Waals surface area contributed by atoms with Crippen LogP contribution in [0.3, 0.4) is 0 Å². The minimum Gasteiger partial charge on any atom is -0.369 e. The number of imide groups is 1. The standard InChI is InChI=1S/C17H25N7O3/c1-10-9-24-12-14(21(2)17(27)20-15(12)26)19-16(24)23(10)8-7-22-5-3-11(4-6-22)13(18)25/h9,11-12,14H,3-8H2,1-2H3,(H2,18,25)(H,20,26,27). The van der Waals surface area contributed by atoms with E-state index >= 15 is 0 Å². The largest absolute Gasteiger partial charge is 0.369 e. The summed E-state index contributed by atoms with van der Waals surface area (Å²) < 4.78 is 0. The van der Waals surface area contributed by atoms with E-state index in [-0.39, 0.29) is 17.7 Å². The first kappa shape index (κ1) is 17.8. The Morgan fingerprint density at radius 1 is 1.30 bits per heavy atom. The summed E-state index contributed by atoms with van der Waals surface area (Å²) in [5.74, 6) is 0.176. The number of nitrogens with one attached hydrogen (secondary N) is 1. The number of guanidine groups is 1. The molecule has 0 saturated carbocycles. The molecule has 10 heteroatoms. The average Bonchev–Trinajstić information content (AvgIpc) is 3.13. The van der Waals surface area contributed by atoms with Crippen LogP contribution in [0.4, 0.5) is 4.79 Å². The first-order chi connectivity index (χ1) is 12.9. The van der Waals surface area contributed by atoms with Gasteiger partial charge in [-0.15, -0.1) is 0 Å². The molecule has 27 heavy (non-hydrogen) atoms. The van der Waals surface area contributed by atoms with E-state index in [1.807, 2.05) is 18.0 Å². The molecule has 10 nitrogen and oxygen atoms in total. The third-order valence-electron chi connectivity index (χ3n) is 5.90. The number of rotatable bonds is 4. The lowest BCUT2D eigenvalue weighted by Crippen LogP contribution is -2.62. The lowest BCUT2D eigenvalue weighted by molar-refractivity contribution is -0.126. The number of carbonyl (C=O) groups is 3. The Balaban J connectivity index is 1.41. The summed E-state index contributed by atoms with van der Waals surface area (Å²) in [5.41, 5.74) is 6.42. The van der Waals surface area contributed by atoms with Crippen molar-refractivity contribution in [3.05, 3.63) is 11.9 Å². The molecule has 0 aromatic heterocycles. The third kappa shape index (κ3) is 2.93. The maximum Gasteiger partial charge on any atom is 0.325 e. The first-order valence-electron chi connectivity index (χ1n) is 9.28. The molecule has 0 spiro atoms. The molecule has 146 valence electrons. The van der Waals surface area contributed by atoms with E-state index < -0.39 is 18.2 Å². The van der Waals surface area contributed by atoms with Crippen LogP contribution in [0.15, 0.2) is 16.9 Å². The number of allylic oxidation sites excluding steroid dienone is 1. The van der Waals surface area contributed by atoms with Crippen LogP contribution in [0, 0.1) is 5.92 Å². The van der Waals surface area contributed by atoms with Crippen LogP contribution < -0.4 is 11.1 Å². The summed E-state index contributed by atoms with van der Waals surface area (Å²) in [5, 5.41) is 2.38. The van der Waals surface area contributed by atoms with Crippen LogP contribution in [-0.4, -0.2) is 88.8 Å². The highest BCUT2D eigenvalue weighted by atomic mass is 16.2. The highest BCUT2D eigenvalue weighted by Crippen LogP contribution is 2.31. The van der Waals surface area contributed by atoms with Crippen LogP contribution in [0.1, 0.15) is 19.8 Å². The van der Waals surface area contributed by atoms with E-state index in [0.29, 0.717) is 5.96 Å². The Kier molecular flexibility index (Phi) is 4.29. The van der Waals surface area contributed by atoms with Gasteiger partial charge in [0.1, 0.15) is 0 Å². The van der Waals surface area contributed by atoms with E-state index in [0.717, 1.165) is 44.7 Å². The molecule has 0 aliphatic carbocycles. The van der Waals surface area contributed by atoms with E-state index in [1.165, 1.54) is 4.90 Å². The molecule has 4 aliphatic rings. The predicted octanol–water partition coefficient (Wildman–Crippen LogP) is -1.09. The number of primary amides is 1. The van der Waals surface area contributed by atoms with Crippen molar-refractivity contribution in [2.24, 2.45) is 16.6 Å². The van der Waals surface area contributed by atoms with Crippen molar-refractivity contribution < 1.29 is 14.4 Å². The number of nitrogens with zero attached hydrogens (tertiary/aromatic N) is 5. The first-order valence-corrected chi connectivity index (χ1v) is 9.28. The number of nitrogens with two attached hydrogens (primary N) is 1. The molecule has 0 aromatic rings. The van der Waals surface area contributed by atoms with Crippen LogP contribution in [0.25, 0.3) is 0 Å². The van der Waals surface area contributed by atoms with E-state index in [2.05, 4.69) is 20.1 Å². The van der Waals surface area contributed by atoms with Crippen molar-refractivity contribution in [3.8, 4) is 0 Å². The topological polar surface area (TPSA) is 115 Å². The van der Waals surface area contributed by atoms with Gasteiger partial charge in [-0.3, -0.25) is 14.9 Å². The van der Waals surface area contributed by atoms with Crippen molar-refractivity contribution in [3.63, 3.8) is 0 Å². The van der Waals surface area contributed by atoms with Gasteiger partial charge in [0.25, 0.3) is 5.91 Å². The SMILES string of the molecule is CC1=CN2C(=NC3C2C(=O)NC(=O)N3C)N1CCN1CCC(C(N)=O)CC1. The highest BCUT2D eigenvalue weighted by molar-refractivity contribution is 6.04. The molecule has 2 unspecified atom stereocenters. The Labute approximate surface area is 157 Å². The van der Waals surface area contributed by atoms with Gasteiger partial charge < -0.3 is 25.3 Å². The Hall–Kier alpha value is -2.62. The summed E-state index contributed by atoms with van der Waals surface area (Å²) >= 11 is 0. The molecule has 2 atom stereocenters. The quantitative estimate of drug-likeness (QED) is 0.645. The summed E-state index contributed by atoms with van der Waals surface area (Å²) in [4.78, 5) is 47.9. The summed E-state index contributed by atoms with van der Waals surface area (Å²) in [6, 6.07) is -0.940. The second-order valence-corrected chi connectivity index (χ2v) is 7.54. The molecular formula is C17H25N7O3. The molecule has 0 radical (unpaired) electrons. The minimum absolute atomic E-state index is 0.0147. The zero-order valence-electron chi connectivity index (χ0n) is 15.6. The van der Waals surface area contributed by atoms with Crippen LogP contribution in [-0.2, 0) is 9.59 Å². The van der Waals surface area contributed by atoms with Gasteiger partial charge in [-0.05, 0) is 32.9 Å². The second-order valence-electron chi connectivity index (χ2n) is 7.54. The minimum atomic E-state index is -0.519. The number of carbonyl (C=O) groups excluding carboxylic acids is 3. The van der Waals surface area contributed by atoms with Gasteiger partial charge in [-0.25, -0.2) is 9.79 Å². The monoisotopic (exact) mass is 375 g/mol. The fourth-order valence-corrected chi connectivity index (χ4v) is 4.21. The number of amides is 4. The van der Waals surface area contributed by atoms with Crippen LogP contribution >= 0.6 is 0 Å². The lowest BCUT2D eigenvalue weighted by Gasteiger charge is -2.34. The predicted molar refractivity (Wildman–Crippen MR) is 97.0 cm³/mol. The fraction of sp³-hybridized carbons (Fsp3) is 0.647. The molecule has 4 amide bonds. The Morgan fingerprint density at radius 3 is 2.67 bits per heavy atom. The van der Waals surface area contributed by atoms with Gasteiger partial charge in [-0.2, -0.15) is 0 Å². The maximum atomic E-state index is 12.3.